The third-order valence-electron chi connectivity index (χ3n) is 3.39. The van der Waals surface area contributed by atoms with Gasteiger partial charge in [-0.2, -0.15) is 0 Å². The van der Waals surface area contributed by atoms with Crippen LogP contribution in [0.25, 0.3) is 11.1 Å². The SMILES string of the molecule is C/C(=C(/C)c1ccccc1C)c1ccc(F)cc1. The largest absolute Gasteiger partial charge is 0.207 e. The standard InChI is InChI=1S/C17H17F/c1-12-6-4-5-7-17(12)14(3)13(2)15-8-10-16(18)11-9-15/h4-11H,1-3H3/b14-13+. The molecular weight excluding hydrogens is 223 g/mol. The highest BCUT2D eigenvalue weighted by Gasteiger charge is 2.05. The Morgan fingerprint density at radius 1 is 0.833 bits per heavy atom. The minimum absolute atomic E-state index is 0.194. The van der Waals surface area contributed by atoms with E-state index >= 15 is 0 Å². The molecule has 2 aromatic rings. The Morgan fingerprint density at radius 2 is 1.44 bits per heavy atom. The fourth-order valence-corrected chi connectivity index (χ4v) is 2.11. The second kappa shape index (κ2) is 5.18. The first-order valence-electron chi connectivity index (χ1n) is 6.09. The maximum Gasteiger partial charge on any atom is 0.123 e. The van der Waals surface area contributed by atoms with Crippen molar-refractivity contribution in [1.82, 2.24) is 0 Å². The molecule has 0 atom stereocenters. The van der Waals surface area contributed by atoms with Crippen molar-refractivity contribution in [2.75, 3.05) is 0 Å². The molecule has 18 heavy (non-hydrogen) atoms. The van der Waals surface area contributed by atoms with Gasteiger partial charge in [-0.3, -0.25) is 0 Å². The molecule has 0 spiro atoms. The van der Waals surface area contributed by atoms with Gasteiger partial charge in [0.1, 0.15) is 5.82 Å². The summed E-state index contributed by atoms with van der Waals surface area (Å²) in [5, 5.41) is 0. The molecule has 0 aliphatic carbocycles. The Morgan fingerprint density at radius 3 is 2.06 bits per heavy atom. The number of benzene rings is 2. The van der Waals surface area contributed by atoms with E-state index in [-0.39, 0.29) is 5.82 Å². The van der Waals surface area contributed by atoms with Crippen LogP contribution in [0.5, 0.6) is 0 Å². The van der Waals surface area contributed by atoms with E-state index in [1.165, 1.54) is 34.4 Å². The maximum atomic E-state index is 12.9. The smallest absolute Gasteiger partial charge is 0.123 e. The van der Waals surface area contributed by atoms with Crippen molar-refractivity contribution in [1.29, 1.82) is 0 Å². The molecule has 0 radical (unpaired) electrons. The van der Waals surface area contributed by atoms with Gasteiger partial charge in [0.05, 0.1) is 0 Å². The van der Waals surface area contributed by atoms with E-state index in [4.69, 9.17) is 0 Å². The van der Waals surface area contributed by atoms with Crippen LogP contribution in [0.3, 0.4) is 0 Å². The van der Waals surface area contributed by atoms with Crippen LogP contribution in [0.2, 0.25) is 0 Å². The van der Waals surface area contributed by atoms with Gasteiger partial charge in [-0.1, -0.05) is 36.4 Å². The van der Waals surface area contributed by atoms with E-state index in [0.717, 1.165) is 5.56 Å². The van der Waals surface area contributed by atoms with Crippen LogP contribution in [0.15, 0.2) is 48.5 Å². The second-order valence-corrected chi connectivity index (χ2v) is 4.57. The van der Waals surface area contributed by atoms with Crippen LogP contribution in [0.4, 0.5) is 4.39 Å². The third kappa shape index (κ3) is 2.51. The van der Waals surface area contributed by atoms with Gasteiger partial charge in [0, 0.05) is 0 Å². The monoisotopic (exact) mass is 240 g/mol. The number of halogens is 1. The van der Waals surface area contributed by atoms with Crippen molar-refractivity contribution in [2.45, 2.75) is 20.8 Å². The molecule has 0 saturated heterocycles. The molecule has 0 fully saturated rings. The Hall–Kier alpha value is -1.89. The van der Waals surface area contributed by atoms with Gasteiger partial charge in [-0.15, -0.1) is 0 Å². The first-order chi connectivity index (χ1) is 8.59. The predicted molar refractivity (Wildman–Crippen MR) is 75.7 cm³/mol. The van der Waals surface area contributed by atoms with Gasteiger partial charge in [0.2, 0.25) is 0 Å². The van der Waals surface area contributed by atoms with Gasteiger partial charge in [0.25, 0.3) is 0 Å². The van der Waals surface area contributed by atoms with E-state index < -0.39 is 0 Å². The van der Waals surface area contributed by atoms with Crippen LogP contribution in [-0.2, 0) is 0 Å². The molecule has 0 bridgehead atoms. The van der Waals surface area contributed by atoms with Crippen molar-refractivity contribution in [3.63, 3.8) is 0 Å². The van der Waals surface area contributed by atoms with Crippen molar-refractivity contribution in [3.8, 4) is 0 Å². The van der Waals surface area contributed by atoms with Gasteiger partial charge in [-0.05, 0) is 60.7 Å². The Kier molecular flexibility index (Phi) is 3.61. The summed E-state index contributed by atoms with van der Waals surface area (Å²) < 4.78 is 12.9. The first kappa shape index (κ1) is 12.6. The average molecular weight is 240 g/mol. The summed E-state index contributed by atoms with van der Waals surface area (Å²) in [4.78, 5) is 0. The Balaban J connectivity index is 2.48. The molecule has 0 N–H and O–H groups in total. The van der Waals surface area contributed by atoms with Gasteiger partial charge in [0.15, 0.2) is 0 Å². The lowest BCUT2D eigenvalue weighted by Gasteiger charge is -2.11. The zero-order valence-corrected chi connectivity index (χ0v) is 11.0. The Labute approximate surface area is 108 Å². The number of hydrogen-bond donors (Lipinski definition) is 0. The molecule has 0 amide bonds. The zero-order valence-electron chi connectivity index (χ0n) is 11.0. The van der Waals surface area contributed by atoms with Crippen LogP contribution < -0.4 is 0 Å². The molecule has 0 heterocycles. The van der Waals surface area contributed by atoms with E-state index in [9.17, 15) is 4.39 Å². The van der Waals surface area contributed by atoms with E-state index in [2.05, 4.69) is 32.9 Å². The number of aryl methyl sites for hydroxylation is 1. The fourth-order valence-electron chi connectivity index (χ4n) is 2.11. The quantitative estimate of drug-likeness (QED) is 0.642. The molecule has 2 aromatic carbocycles. The lowest BCUT2D eigenvalue weighted by Crippen LogP contribution is -1.89. The molecule has 2 rings (SSSR count). The minimum Gasteiger partial charge on any atom is -0.207 e. The van der Waals surface area contributed by atoms with Crippen LogP contribution >= 0.6 is 0 Å². The highest BCUT2D eigenvalue weighted by Crippen LogP contribution is 2.27. The van der Waals surface area contributed by atoms with Crippen LogP contribution in [0.1, 0.15) is 30.5 Å². The van der Waals surface area contributed by atoms with E-state index in [0.29, 0.717) is 0 Å². The van der Waals surface area contributed by atoms with Crippen molar-refractivity contribution in [3.05, 3.63) is 71.0 Å². The highest BCUT2D eigenvalue weighted by atomic mass is 19.1. The molecular formula is C17H17F. The zero-order chi connectivity index (χ0) is 13.1. The summed E-state index contributed by atoms with van der Waals surface area (Å²) in [5.74, 6) is -0.194. The first-order valence-corrected chi connectivity index (χ1v) is 6.09. The van der Waals surface area contributed by atoms with Gasteiger partial charge < -0.3 is 0 Å². The normalized spacial score (nSPS) is 12.2. The predicted octanol–water partition coefficient (Wildman–Crippen LogP) is 5.08. The number of rotatable bonds is 2. The highest BCUT2D eigenvalue weighted by molar-refractivity contribution is 5.89. The van der Waals surface area contributed by atoms with E-state index in [1.807, 2.05) is 24.3 Å². The number of hydrogen-bond acceptors (Lipinski definition) is 0. The third-order valence-corrected chi connectivity index (χ3v) is 3.39. The van der Waals surface area contributed by atoms with Crippen molar-refractivity contribution < 1.29 is 4.39 Å². The average Bonchev–Trinajstić information content (AvgIpc) is 2.38. The summed E-state index contributed by atoms with van der Waals surface area (Å²) in [6.07, 6.45) is 0. The molecule has 0 aliphatic heterocycles. The van der Waals surface area contributed by atoms with Gasteiger partial charge >= 0.3 is 0 Å². The maximum absolute atomic E-state index is 12.9. The lowest BCUT2D eigenvalue weighted by atomic mass is 9.94. The number of allylic oxidation sites excluding steroid dienone is 2. The summed E-state index contributed by atoms with van der Waals surface area (Å²) >= 11 is 0. The van der Waals surface area contributed by atoms with Crippen LogP contribution in [-0.4, -0.2) is 0 Å². The summed E-state index contributed by atoms with van der Waals surface area (Å²) in [6.45, 7) is 6.30. The van der Waals surface area contributed by atoms with Crippen molar-refractivity contribution >= 4 is 11.1 Å². The molecule has 0 aromatic heterocycles. The molecule has 0 saturated carbocycles. The second-order valence-electron chi connectivity index (χ2n) is 4.57. The van der Waals surface area contributed by atoms with Gasteiger partial charge in [-0.25, -0.2) is 4.39 Å². The van der Waals surface area contributed by atoms with E-state index in [1.54, 1.807) is 0 Å². The summed E-state index contributed by atoms with van der Waals surface area (Å²) in [7, 11) is 0. The van der Waals surface area contributed by atoms with Crippen LogP contribution in [0, 0.1) is 12.7 Å². The Bertz CT molecular complexity index is 577. The molecule has 0 aliphatic rings. The molecule has 0 unspecified atom stereocenters. The van der Waals surface area contributed by atoms with Crippen molar-refractivity contribution in [2.24, 2.45) is 0 Å². The molecule has 0 nitrogen and oxygen atoms in total. The fraction of sp³-hybridized carbons (Fsp3) is 0.176. The topological polar surface area (TPSA) is 0 Å². The lowest BCUT2D eigenvalue weighted by molar-refractivity contribution is 0.627. The molecule has 92 valence electrons. The minimum atomic E-state index is -0.194. The summed E-state index contributed by atoms with van der Waals surface area (Å²) in [5.41, 5.74) is 6.00. The summed E-state index contributed by atoms with van der Waals surface area (Å²) in [6, 6.07) is 15.0. The molecule has 1 heteroatoms.